The molecule has 0 aromatic heterocycles. The zero-order chi connectivity index (χ0) is 22.5. The average Bonchev–Trinajstić information content (AvgIpc) is 3.30. The molecule has 2 N–H and O–H groups in total. The number of rotatable bonds is 6. The largest absolute Gasteiger partial charge is 0.459 e. The first-order valence-electron chi connectivity index (χ1n) is 11.3. The molecule has 0 spiro atoms. The topological polar surface area (TPSA) is 72.7 Å². The first kappa shape index (κ1) is 22.2. The molecular weight excluding hydrogens is 434 g/mol. The maximum atomic E-state index is 9.07. The normalized spacial score (nSPS) is 20.9. The van der Waals surface area contributed by atoms with Crippen molar-refractivity contribution in [1.82, 2.24) is 9.80 Å². The fourth-order valence-electron chi connectivity index (χ4n) is 4.05. The van der Waals surface area contributed by atoms with E-state index in [9.17, 15) is 0 Å². The molecule has 3 aliphatic heterocycles. The Balaban J connectivity index is 1.08. The summed E-state index contributed by atoms with van der Waals surface area (Å²) in [4.78, 5) is 14.7. The van der Waals surface area contributed by atoms with Gasteiger partial charge in [-0.3, -0.25) is 9.80 Å². The molecule has 0 saturated carbocycles. The van der Waals surface area contributed by atoms with E-state index in [1.54, 1.807) is 11.8 Å². The number of thioether (sulfide) groups is 1. The van der Waals surface area contributed by atoms with Crippen LogP contribution in [-0.4, -0.2) is 73.0 Å². The molecule has 2 aromatic carbocycles. The van der Waals surface area contributed by atoms with Gasteiger partial charge >= 0.3 is 6.02 Å². The molecule has 1 fully saturated rings. The molecule has 0 aliphatic carbocycles. The molecule has 5 rings (SSSR count). The van der Waals surface area contributed by atoms with Crippen molar-refractivity contribution in [1.29, 1.82) is 0 Å². The van der Waals surface area contributed by atoms with Crippen LogP contribution in [0, 0.1) is 0 Å². The summed E-state index contributed by atoms with van der Waals surface area (Å²) in [6, 6.07) is 17.2. The van der Waals surface area contributed by atoms with Gasteiger partial charge in [-0.1, -0.05) is 48.2 Å². The Labute approximate surface area is 198 Å². The second-order valence-electron chi connectivity index (χ2n) is 8.30. The number of hydrogen-bond acceptors (Lipinski definition) is 8. The SMILES string of the molecule is OCCN1CCN(Cc2ccc(COC3=NCC(=C4Nc5ccccc5S4)[C]=N3)cc2)CC1. The van der Waals surface area contributed by atoms with Gasteiger partial charge in [0.15, 0.2) is 0 Å². The van der Waals surface area contributed by atoms with E-state index in [1.807, 2.05) is 12.1 Å². The molecule has 1 saturated heterocycles. The Morgan fingerprint density at radius 1 is 1.00 bits per heavy atom. The van der Waals surface area contributed by atoms with Crippen LogP contribution in [0.25, 0.3) is 0 Å². The van der Waals surface area contributed by atoms with Crippen molar-refractivity contribution >= 4 is 29.7 Å². The molecule has 1 radical (unpaired) electrons. The molecule has 3 aliphatic rings. The molecule has 0 unspecified atom stereocenters. The molecular formula is C25H28N5O2S. The lowest BCUT2D eigenvalue weighted by Gasteiger charge is -2.34. The summed E-state index contributed by atoms with van der Waals surface area (Å²) in [7, 11) is 0. The smallest absolute Gasteiger partial charge is 0.312 e. The number of aliphatic hydroxyl groups excluding tert-OH is 1. The van der Waals surface area contributed by atoms with E-state index in [0.717, 1.165) is 61.1 Å². The van der Waals surface area contributed by atoms with Gasteiger partial charge in [0, 0.05) is 49.7 Å². The number of benzene rings is 2. The van der Waals surface area contributed by atoms with Crippen molar-refractivity contribution in [3.63, 3.8) is 0 Å². The number of piperazine rings is 1. The van der Waals surface area contributed by atoms with Crippen LogP contribution < -0.4 is 5.32 Å². The summed E-state index contributed by atoms with van der Waals surface area (Å²) >= 11 is 1.69. The van der Waals surface area contributed by atoms with E-state index < -0.39 is 0 Å². The monoisotopic (exact) mass is 462 g/mol. The van der Waals surface area contributed by atoms with Crippen molar-refractivity contribution in [2.24, 2.45) is 9.98 Å². The highest BCUT2D eigenvalue weighted by molar-refractivity contribution is 8.03. The van der Waals surface area contributed by atoms with Crippen LogP contribution in [0.2, 0.25) is 0 Å². The van der Waals surface area contributed by atoms with Crippen LogP contribution in [0.1, 0.15) is 11.1 Å². The molecule has 3 heterocycles. The Morgan fingerprint density at radius 3 is 2.48 bits per heavy atom. The number of ether oxygens (including phenoxy) is 1. The minimum atomic E-state index is 0.239. The van der Waals surface area contributed by atoms with Crippen molar-refractivity contribution in [3.8, 4) is 0 Å². The maximum Gasteiger partial charge on any atom is 0.312 e. The minimum Gasteiger partial charge on any atom is -0.459 e. The number of β-amino-alcohol motifs (C(OH)–C–C–N with tert-alkyl or cyclic N) is 1. The molecule has 2 aromatic rings. The van der Waals surface area contributed by atoms with E-state index in [2.05, 4.69) is 67.7 Å². The lowest BCUT2D eigenvalue weighted by Crippen LogP contribution is -2.46. The summed E-state index contributed by atoms with van der Waals surface area (Å²) in [6.07, 6.45) is 3.09. The lowest BCUT2D eigenvalue weighted by molar-refractivity contribution is 0.108. The molecule has 33 heavy (non-hydrogen) atoms. The van der Waals surface area contributed by atoms with E-state index in [-0.39, 0.29) is 6.61 Å². The quantitative estimate of drug-likeness (QED) is 0.688. The Hall–Kier alpha value is -2.65. The van der Waals surface area contributed by atoms with Crippen LogP contribution in [0.15, 0.2) is 74.0 Å². The van der Waals surface area contributed by atoms with Gasteiger partial charge in [-0.15, -0.1) is 0 Å². The Kier molecular flexibility index (Phi) is 7.06. The molecule has 0 atom stereocenters. The van der Waals surface area contributed by atoms with E-state index in [1.165, 1.54) is 10.5 Å². The third-order valence-electron chi connectivity index (χ3n) is 5.96. The van der Waals surface area contributed by atoms with E-state index in [4.69, 9.17) is 9.84 Å². The van der Waals surface area contributed by atoms with Crippen LogP contribution in [0.3, 0.4) is 0 Å². The lowest BCUT2D eigenvalue weighted by atomic mass is 10.1. The summed E-state index contributed by atoms with van der Waals surface area (Å²) in [5, 5.41) is 13.5. The summed E-state index contributed by atoms with van der Waals surface area (Å²) in [6.45, 7) is 7.03. The maximum absolute atomic E-state index is 9.07. The van der Waals surface area contributed by atoms with Crippen molar-refractivity contribution in [3.05, 3.63) is 70.3 Å². The van der Waals surface area contributed by atoms with Gasteiger partial charge in [0.2, 0.25) is 0 Å². The first-order chi connectivity index (χ1) is 16.3. The predicted molar refractivity (Wildman–Crippen MR) is 133 cm³/mol. The standard InChI is InChI=1S/C25H28N5O2S/c31-14-13-29-9-11-30(12-10-29)17-19-5-7-20(8-6-19)18-32-25-26-15-21(16-27-25)24-28-22-3-1-2-4-23(22)33-24/h1-8,28,31H,9-15,17-18H2. The van der Waals surface area contributed by atoms with Crippen LogP contribution in [0.5, 0.6) is 0 Å². The van der Waals surface area contributed by atoms with Crippen molar-refractivity contribution in [2.45, 2.75) is 18.0 Å². The zero-order valence-corrected chi connectivity index (χ0v) is 19.4. The highest BCUT2D eigenvalue weighted by atomic mass is 32.2. The number of anilines is 1. The number of hydrogen-bond donors (Lipinski definition) is 2. The van der Waals surface area contributed by atoms with E-state index in [0.29, 0.717) is 19.2 Å². The van der Waals surface area contributed by atoms with Gasteiger partial charge in [0.1, 0.15) is 12.8 Å². The van der Waals surface area contributed by atoms with Gasteiger partial charge < -0.3 is 15.2 Å². The van der Waals surface area contributed by atoms with Crippen LogP contribution in [-0.2, 0) is 17.9 Å². The Bertz CT molecular complexity index is 1030. The van der Waals surface area contributed by atoms with E-state index >= 15 is 0 Å². The van der Waals surface area contributed by atoms with Gasteiger partial charge in [0.25, 0.3) is 0 Å². The molecule has 0 amide bonds. The van der Waals surface area contributed by atoms with Gasteiger partial charge in [0.05, 0.1) is 23.9 Å². The third kappa shape index (κ3) is 5.65. The molecule has 0 bridgehead atoms. The fraction of sp³-hybridized carbons (Fsp3) is 0.360. The van der Waals surface area contributed by atoms with Gasteiger partial charge in [-0.05, 0) is 23.3 Å². The number of aliphatic hydroxyl groups is 1. The van der Waals surface area contributed by atoms with Gasteiger partial charge in [-0.25, -0.2) is 4.99 Å². The number of fused-ring (bicyclic) bond motifs is 1. The Morgan fingerprint density at radius 2 is 1.76 bits per heavy atom. The summed E-state index contributed by atoms with van der Waals surface area (Å²) in [5.74, 6) is 0. The van der Waals surface area contributed by atoms with Crippen LogP contribution >= 0.6 is 11.8 Å². The first-order valence-corrected chi connectivity index (χ1v) is 12.1. The second-order valence-corrected chi connectivity index (χ2v) is 9.35. The van der Waals surface area contributed by atoms with Crippen molar-refractivity contribution < 1.29 is 9.84 Å². The fourth-order valence-corrected chi connectivity index (χ4v) is 5.04. The number of nitrogens with one attached hydrogen (secondary N) is 1. The van der Waals surface area contributed by atoms with Crippen molar-refractivity contribution in [2.75, 3.05) is 51.2 Å². The zero-order valence-electron chi connectivity index (χ0n) is 18.5. The van der Waals surface area contributed by atoms with Crippen LogP contribution in [0.4, 0.5) is 5.69 Å². The summed E-state index contributed by atoms with van der Waals surface area (Å²) in [5.41, 5.74) is 4.46. The number of nitrogens with zero attached hydrogens (tertiary/aromatic N) is 4. The number of amidine groups is 1. The predicted octanol–water partition coefficient (Wildman–Crippen LogP) is 3.06. The highest BCUT2D eigenvalue weighted by Crippen LogP contribution is 2.41. The number of para-hydroxylation sites is 1. The minimum absolute atomic E-state index is 0.239. The second kappa shape index (κ2) is 10.5. The average molecular weight is 463 g/mol. The highest BCUT2D eigenvalue weighted by Gasteiger charge is 2.20. The molecule has 171 valence electrons. The number of aliphatic imine (C=N–C) groups is 2. The molecule has 8 heteroatoms. The third-order valence-corrected chi connectivity index (χ3v) is 7.09. The van der Waals surface area contributed by atoms with Gasteiger partial charge in [-0.2, -0.15) is 4.99 Å². The summed E-state index contributed by atoms with van der Waals surface area (Å²) < 4.78 is 5.80. The molecule has 7 nitrogen and oxygen atoms in total.